The van der Waals surface area contributed by atoms with E-state index in [2.05, 4.69) is 17.3 Å². The van der Waals surface area contributed by atoms with E-state index in [0.29, 0.717) is 12.8 Å². The molecular formula is C14H16FN. The van der Waals surface area contributed by atoms with E-state index in [0.717, 1.165) is 30.6 Å². The number of hydrogen-bond acceptors (Lipinski definition) is 1. The molecule has 1 N–H and O–H groups in total. The zero-order valence-corrected chi connectivity index (χ0v) is 9.30. The number of hydrogen-bond donors (Lipinski definition) is 1. The maximum absolute atomic E-state index is 14.0. The fourth-order valence-electron chi connectivity index (χ4n) is 2.17. The molecule has 0 spiro atoms. The molecule has 0 amide bonds. The third-order valence-electron chi connectivity index (χ3n) is 3.00. The van der Waals surface area contributed by atoms with E-state index >= 15 is 0 Å². The Morgan fingerprint density at radius 2 is 2.38 bits per heavy atom. The Hall–Kier alpha value is -1.49. The van der Waals surface area contributed by atoms with Gasteiger partial charge in [0, 0.05) is 24.2 Å². The quantitative estimate of drug-likeness (QED) is 0.601. The molecule has 1 aromatic carbocycles. The van der Waals surface area contributed by atoms with E-state index in [4.69, 9.17) is 6.42 Å². The summed E-state index contributed by atoms with van der Waals surface area (Å²) in [6.45, 7) is 0.920. The monoisotopic (exact) mass is 217 g/mol. The van der Waals surface area contributed by atoms with E-state index in [9.17, 15) is 4.39 Å². The average Bonchev–Trinajstić information content (AvgIpc) is 2.76. The number of terminal acetylenes is 1. The third kappa shape index (κ3) is 2.19. The average molecular weight is 217 g/mol. The van der Waals surface area contributed by atoms with E-state index < -0.39 is 6.17 Å². The first-order chi connectivity index (χ1) is 7.83. The molecule has 1 unspecified atom stereocenters. The molecule has 2 heteroatoms. The van der Waals surface area contributed by atoms with E-state index in [-0.39, 0.29) is 0 Å². The molecule has 1 aliphatic heterocycles. The lowest BCUT2D eigenvalue weighted by Gasteiger charge is -2.12. The molecule has 1 heterocycles. The minimum absolute atomic E-state index is 0.516. The van der Waals surface area contributed by atoms with Gasteiger partial charge in [0.15, 0.2) is 0 Å². The van der Waals surface area contributed by atoms with Crippen LogP contribution in [0.1, 0.15) is 36.6 Å². The zero-order chi connectivity index (χ0) is 11.4. The lowest BCUT2D eigenvalue weighted by atomic mass is 10.0. The molecule has 84 valence electrons. The summed E-state index contributed by atoms with van der Waals surface area (Å²) in [6, 6.07) is 5.87. The van der Waals surface area contributed by atoms with Gasteiger partial charge in [0.1, 0.15) is 6.17 Å². The van der Waals surface area contributed by atoms with Crippen molar-refractivity contribution in [3.63, 3.8) is 0 Å². The fraction of sp³-hybridized carbons (Fsp3) is 0.429. The number of alkyl halides is 1. The summed E-state index contributed by atoms with van der Waals surface area (Å²) in [6.07, 6.45) is 7.19. The zero-order valence-electron chi connectivity index (χ0n) is 9.30. The van der Waals surface area contributed by atoms with Crippen molar-refractivity contribution in [1.82, 2.24) is 0 Å². The van der Waals surface area contributed by atoms with Gasteiger partial charge in [-0.3, -0.25) is 0 Å². The molecule has 1 nitrogen and oxygen atoms in total. The van der Waals surface area contributed by atoms with Crippen molar-refractivity contribution in [2.24, 2.45) is 0 Å². The molecule has 0 bridgehead atoms. The Morgan fingerprint density at radius 1 is 1.50 bits per heavy atom. The summed E-state index contributed by atoms with van der Waals surface area (Å²) >= 11 is 0. The van der Waals surface area contributed by atoms with E-state index in [1.807, 2.05) is 12.1 Å². The van der Waals surface area contributed by atoms with Gasteiger partial charge in [-0.2, -0.15) is 0 Å². The normalized spacial score (nSPS) is 15.0. The van der Waals surface area contributed by atoms with Crippen LogP contribution >= 0.6 is 0 Å². The number of halogens is 1. The van der Waals surface area contributed by atoms with Crippen LogP contribution in [0, 0.1) is 12.3 Å². The highest BCUT2D eigenvalue weighted by atomic mass is 19.1. The second-order valence-corrected chi connectivity index (χ2v) is 4.12. The van der Waals surface area contributed by atoms with Gasteiger partial charge >= 0.3 is 0 Å². The molecule has 1 aliphatic rings. The lowest BCUT2D eigenvalue weighted by molar-refractivity contribution is 0.319. The Balaban J connectivity index is 2.09. The van der Waals surface area contributed by atoms with Gasteiger partial charge in [-0.25, -0.2) is 4.39 Å². The molecule has 0 aromatic heterocycles. The van der Waals surface area contributed by atoms with Crippen LogP contribution in [0.15, 0.2) is 18.2 Å². The smallest absolute Gasteiger partial charge is 0.127 e. The Morgan fingerprint density at radius 3 is 3.19 bits per heavy atom. The second-order valence-electron chi connectivity index (χ2n) is 4.12. The molecule has 2 rings (SSSR count). The second kappa shape index (κ2) is 5.03. The maximum Gasteiger partial charge on any atom is 0.127 e. The molecule has 0 saturated carbocycles. The van der Waals surface area contributed by atoms with Crippen LogP contribution in [0.5, 0.6) is 0 Å². The summed E-state index contributed by atoms with van der Waals surface area (Å²) in [5, 5.41) is 3.26. The third-order valence-corrected chi connectivity index (χ3v) is 3.00. The van der Waals surface area contributed by atoms with E-state index in [1.54, 1.807) is 0 Å². The summed E-state index contributed by atoms with van der Waals surface area (Å²) in [5.41, 5.74) is 3.04. The van der Waals surface area contributed by atoms with E-state index in [1.165, 1.54) is 5.56 Å². The topological polar surface area (TPSA) is 12.0 Å². The number of nitrogens with one attached hydrogen (secondary N) is 1. The van der Waals surface area contributed by atoms with Crippen LogP contribution in [0.3, 0.4) is 0 Å². The number of benzene rings is 1. The van der Waals surface area contributed by atoms with Gasteiger partial charge in [0.05, 0.1) is 0 Å². The van der Waals surface area contributed by atoms with Gasteiger partial charge in [-0.05, 0) is 24.8 Å². The highest BCUT2D eigenvalue weighted by Crippen LogP contribution is 2.34. The first-order valence-corrected chi connectivity index (χ1v) is 5.76. The Bertz CT molecular complexity index is 406. The standard InChI is InChI=1S/C14H16FN/c1-2-3-4-8-13(15)12-7-5-6-11-9-10-16-14(11)12/h1,5-7,13,16H,3-4,8-10H2. The highest BCUT2D eigenvalue weighted by molar-refractivity contribution is 5.61. The summed E-state index contributed by atoms with van der Waals surface area (Å²) < 4.78 is 14.0. The largest absolute Gasteiger partial charge is 0.384 e. The summed E-state index contributed by atoms with van der Waals surface area (Å²) in [4.78, 5) is 0. The van der Waals surface area contributed by atoms with Crippen LogP contribution in [0.2, 0.25) is 0 Å². The molecule has 1 atom stereocenters. The van der Waals surface area contributed by atoms with Crippen LogP contribution in [-0.4, -0.2) is 6.54 Å². The minimum Gasteiger partial charge on any atom is -0.384 e. The Labute approximate surface area is 96.1 Å². The number of fused-ring (bicyclic) bond motifs is 1. The summed E-state index contributed by atoms with van der Waals surface area (Å²) in [5.74, 6) is 2.54. The number of anilines is 1. The van der Waals surface area contributed by atoms with Gasteiger partial charge < -0.3 is 5.32 Å². The van der Waals surface area contributed by atoms with Crippen molar-refractivity contribution >= 4 is 5.69 Å². The van der Waals surface area contributed by atoms with Crippen molar-refractivity contribution in [3.05, 3.63) is 29.3 Å². The van der Waals surface area contributed by atoms with Gasteiger partial charge in [0.25, 0.3) is 0 Å². The first-order valence-electron chi connectivity index (χ1n) is 5.76. The summed E-state index contributed by atoms with van der Waals surface area (Å²) in [7, 11) is 0. The van der Waals surface area contributed by atoms with Crippen molar-refractivity contribution < 1.29 is 4.39 Å². The van der Waals surface area contributed by atoms with Crippen LogP contribution in [0.4, 0.5) is 10.1 Å². The van der Waals surface area contributed by atoms with Gasteiger partial charge in [-0.15, -0.1) is 12.3 Å². The predicted molar refractivity (Wildman–Crippen MR) is 65.2 cm³/mol. The molecular weight excluding hydrogens is 201 g/mol. The van der Waals surface area contributed by atoms with Gasteiger partial charge in [0.2, 0.25) is 0 Å². The van der Waals surface area contributed by atoms with Crippen molar-refractivity contribution in [1.29, 1.82) is 0 Å². The van der Waals surface area contributed by atoms with Gasteiger partial charge in [-0.1, -0.05) is 18.2 Å². The fourth-order valence-corrected chi connectivity index (χ4v) is 2.17. The van der Waals surface area contributed by atoms with Crippen molar-refractivity contribution in [2.75, 3.05) is 11.9 Å². The Kier molecular flexibility index (Phi) is 3.46. The SMILES string of the molecule is C#CCCCC(F)c1cccc2c1NCC2. The van der Waals surface area contributed by atoms with Crippen LogP contribution in [0.25, 0.3) is 0 Å². The molecule has 0 fully saturated rings. The maximum atomic E-state index is 14.0. The molecule has 0 radical (unpaired) electrons. The van der Waals surface area contributed by atoms with Crippen molar-refractivity contribution in [2.45, 2.75) is 31.9 Å². The minimum atomic E-state index is -0.895. The molecule has 1 aromatic rings. The molecule has 0 aliphatic carbocycles. The number of para-hydroxylation sites is 1. The lowest BCUT2D eigenvalue weighted by Crippen LogP contribution is -1.99. The first kappa shape index (κ1) is 11.0. The number of unbranched alkanes of at least 4 members (excludes halogenated alkanes) is 1. The molecule has 16 heavy (non-hydrogen) atoms. The number of rotatable bonds is 4. The van der Waals surface area contributed by atoms with Crippen molar-refractivity contribution in [3.8, 4) is 12.3 Å². The van der Waals surface area contributed by atoms with Crippen LogP contribution < -0.4 is 5.32 Å². The highest BCUT2D eigenvalue weighted by Gasteiger charge is 2.19. The predicted octanol–water partition coefficient (Wildman–Crippen LogP) is 3.47. The molecule has 0 saturated heterocycles. The van der Waals surface area contributed by atoms with Crippen LogP contribution in [-0.2, 0) is 6.42 Å².